The molecule has 0 saturated heterocycles. The van der Waals surface area contributed by atoms with Gasteiger partial charge < -0.3 is 14.4 Å². The summed E-state index contributed by atoms with van der Waals surface area (Å²) >= 11 is 0. The van der Waals surface area contributed by atoms with Crippen molar-refractivity contribution >= 4 is 11.7 Å². The molecule has 1 unspecified atom stereocenters. The maximum atomic E-state index is 12.4. The largest absolute Gasteiger partial charge is 0.487 e. The maximum absolute atomic E-state index is 12.4. The van der Waals surface area contributed by atoms with E-state index in [1.54, 1.807) is 9.58 Å². The van der Waals surface area contributed by atoms with Crippen molar-refractivity contribution in [2.45, 2.75) is 46.8 Å². The smallest absolute Gasteiger partial charge is 0.410 e. The van der Waals surface area contributed by atoms with E-state index >= 15 is 0 Å². The Morgan fingerprint density at radius 2 is 1.91 bits per heavy atom. The molecule has 1 atom stereocenters. The molecule has 3 heterocycles. The molecular formula is C25H30N6O3. The van der Waals surface area contributed by atoms with Crippen LogP contribution in [0.25, 0.3) is 11.3 Å². The topological polar surface area (TPSA) is 95.3 Å². The summed E-state index contributed by atoms with van der Waals surface area (Å²) < 4.78 is 13.0. The van der Waals surface area contributed by atoms with Crippen molar-refractivity contribution in [2.24, 2.45) is 5.92 Å². The van der Waals surface area contributed by atoms with Crippen LogP contribution in [0.2, 0.25) is 0 Å². The first-order chi connectivity index (χ1) is 16.2. The zero-order chi connectivity index (χ0) is 24.3. The number of tetrazole rings is 1. The molecule has 0 aliphatic carbocycles. The Hall–Kier alpha value is -3.75. The molecule has 2 aromatic heterocycles. The highest BCUT2D eigenvalue weighted by molar-refractivity contribution is 5.73. The average molecular weight is 463 g/mol. The highest BCUT2D eigenvalue weighted by Gasteiger charge is 2.27. The van der Waals surface area contributed by atoms with E-state index in [2.05, 4.69) is 39.6 Å². The lowest BCUT2D eigenvalue weighted by Crippen LogP contribution is -2.41. The van der Waals surface area contributed by atoms with E-state index in [9.17, 15) is 4.79 Å². The third kappa shape index (κ3) is 5.59. The lowest BCUT2D eigenvalue weighted by atomic mass is 9.91. The van der Waals surface area contributed by atoms with E-state index in [4.69, 9.17) is 9.47 Å². The summed E-state index contributed by atoms with van der Waals surface area (Å²) in [7, 11) is 0. The highest BCUT2D eigenvalue weighted by Crippen LogP contribution is 2.28. The van der Waals surface area contributed by atoms with Crippen LogP contribution in [0.1, 0.15) is 44.8 Å². The normalized spacial score (nSPS) is 16.2. The Bertz CT molecular complexity index is 1160. The molecule has 0 fully saturated rings. The highest BCUT2D eigenvalue weighted by atomic mass is 16.6. The predicted molar refractivity (Wildman–Crippen MR) is 127 cm³/mol. The molecule has 34 heavy (non-hydrogen) atoms. The summed E-state index contributed by atoms with van der Waals surface area (Å²) in [6, 6.07) is 11.6. The molecule has 178 valence electrons. The molecule has 0 bridgehead atoms. The van der Waals surface area contributed by atoms with Crippen molar-refractivity contribution in [3.63, 3.8) is 0 Å². The van der Waals surface area contributed by atoms with Gasteiger partial charge in [-0.15, -0.1) is 5.10 Å². The van der Waals surface area contributed by atoms with Crippen molar-refractivity contribution in [2.75, 3.05) is 13.1 Å². The van der Waals surface area contributed by atoms with E-state index in [1.165, 1.54) is 5.57 Å². The number of benzene rings is 1. The first kappa shape index (κ1) is 23.4. The second-order valence-corrected chi connectivity index (χ2v) is 9.40. The van der Waals surface area contributed by atoms with Crippen LogP contribution in [0.3, 0.4) is 0 Å². The number of ether oxygens (including phenoxy) is 2. The van der Waals surface area contributed by atoms with Gasteiger partial charge in [0.1, 0.15) is 18.0 Å². The van der Waals surface area contributed by atoms with Crippen LogP contribution in [0.5, 0.6) is 5.75 Å². The molecule has 1 aliphatic rings. The van der Waals surface area contributed by atoms with E-state index in [0.717, 1.165) is 28.5 Å². The molecule has 0 saturated carbocycles. The number of amides is 1. The zero-order valence-electron chi connectivity index (χ0n) is 20.2. The number of carbonyl (C=O) groups excluding carboxylic acids is 1. The van der Waals surface area contributed by atoms with Gasteiger partial charge in [-0.2, -0.15) is 4.68 Å². The monoisotopic (exact) mass is 462 g/mol. The third-order valence-corrected chi connectivity index (χ3v) is 5.46. The van der Waals surface area contributed by atoms with Gasteiger partial charge in [-0.3, -0.25) is 4.98 Å². The summed E-state index contributed by atoms with van der Waals surface area (Å²) in [4.78, 5) is 18.7. The molecule has 3 aromatic rings. The molecule has 0 radical (unpaired) electrons. The Labute approximate surface area is 199 Å². The molecule has 0 N–H and O–H groups in total. The maximum Gasteiger partial charge on any atom is 0.410 e. The van der Waals surface area contributed by atoms with E-state index in [1.807, 2.05) is 64.2 Å². The van der Waals surface area contributed by atoms with Crippen LogP contribution in [-0.2, 0) is 11.3 Å². The van der Waals surface area contributed by atoms with Gasteiger partial charge in [-0.05, 0) is 85.5 Å². The van der Waals surface area contributed by atoms with Crippen LogP contribution in [0.15, 0.2) is 48.7 Å². The minimum Gasteiger partial charge on any atom is -0.487 e. The molecule has 9 nitrogen and oxygen atoms in total. The van der Waals surface area contributed by atoms with E-state index in [0.29, 0.717) is 19.7 Å². The van der Waals surface area contributed by atoms with Crippen molar-refractivity contribution in [3.8, 4) is 11.4 Å². The summed E-state index contributed by atoms with van der Waals surface area (Å²) in [5, 5.41) is 11.5. The number of rotatable bonds is 5. The van der Waals surface area contributed by atoms with Gasteiger partial charge in [-0.1, -0.05) is 19.1 Å². The molecule has 4 rings (SSSR count). The Kier molecular flexibility index (Phi) is 6.63. The van der Waals surface area contributed by atoms with Crippen LogP contribution in [-0.4, -0.2) is 54.9 Å². The van der Waals surface area contributed by atoms with Crippen LogP contribution >= 0.6 is 0 Å². The SMILES string of the molecule is Cc1nnnn1-c1ccc(OCc2ccc(C3=CCN(C(=O)OC(C)(C)C)CC3C)cn2)cc1. The summed E-state index contributed by atoms with van der Waals surface area (Å²) in [5.74, 6) is 1.65. The Morgan fingerprint density at radius 1 is 1.15 bits per heavy atom. The number of hydrogen-bond acceptors (Lipinski definition) is 7. The quantitative estimate of drug-likeness (QED) is 0.560. The third-order valence-electron chi connectivity index (χ3n) is 5.46. The fourth-order valence-corrected chi connectivity index (χ4v) is 3.78. The lowest BCUT2D eigenvalue weighted by Gasteiger charge is -2.33. The Morgan fingerprint density at radius 3 is 2.50 bits per heavy atom. The summed E-state index contributed by atoms with van der Waals surface area (Å²) in [5.41, 5.74) is 3.46. The number of pyridine rings is 1. The van der Waals surface area contributed by atoms with Gasteiger partial charge in [0, 0.05) is 19.3 Å². The van der Waals surface area contributed by atoms with Crippen LogP contribution in [0, 0.1) is 12.8 Å². The van der Waals surface area contributed by atoms with Crippen LogP contribution in [0.4, 0.5) is 4.79 Å². The minimum atomic E-state index is -0.498. The fourth-order valence-electron chi connectivity index (χ4n) is 3.78. The predicted octanol–water partition coefficient (Wildman–Crippen LogP) is 4.21. The van der Waals surface area contributed by atoms with Crippen molar-refractivity contribution in [1.29, 1.82) is 0 Å². The van der Waals surface area contributed by atoms with Gasteiger partial charge in [-0.25, -0.2) is 4.79 Å². The Balaban J connectivity index is 1.34. The first-order valence-corrected chi connectivity index (χ1v) is 11.3. The molecule has 1 aromatic carbocycles. The number of carbonyl (C=O) groups is 1. The van der Waals surface area contributed by atoms with Crippen LogP contribution < -0.4 is 4.74 Å². The molecule has 1 aliphatic heterocycles. The molecule has 0 spiro atoms. The van der Waals surface area contributed by atoms with Gasteiger partial charge in [0.25, 0.3) is 0 Å². The average Bonchev–Trinajstić information content (AvgIpc) is 3.23. The number of hydrogen-bond donors (Lipinski definition) is 0. The minimum absolute atomic E-state index is 0.188. The van der Waals surface area contributed by atoms with E-state index in [-0.39, 0.29) is 12.0 Å². The zero-order valence-corrected chi connectivity index (χ0v) is 20.2. The van der Waals surface area contributed by atoms with Crippen molar-refractivity contribution in [3.05, 3.63) is 65.8 Å². The summed E-state index contributed by atoms with van der Waals surface area (Å²) in [6.07, 6.45) is 3.67. The van der Waals surface area contributed by atoms with Crippen molar-refractivity contribution in [1.82, 2.24) is 30.1 Å². The summed E-state index contributed by atoms with van der Waals surface area (Å²) in [6.45, 7) is 11.1. The van der Waals surface area contributed by atoms with Gasteiger partial charge >= 0.3 is 6.09 Å². The van der Waals surface area contributed by atoms with Crippen molar-refractivity contribution < 1.29 is 14.3 Å². The second kappa shape index (κ2) is 9.62. The standard InChI is InChI=1S/C25H30N6O3/c1-17-15-30(24(32)34-25(3,4)5)13-12-23(17)19-6-7-20(26-14-19)16-33-22-10-8-21(9-11-22)31-18(2)27-28-29-31/h6-12,14,17H,13,15-16H2,1-5H3. The van der Waals surface area contributed by atoms with Gasteiger partial charge in [0.2, 0.25) is 0 Å². The number of nitrogens with zero attached hydrogens (tertiary/aromatic N) is 6. The van der Waals surface area contributed by atoms with Gasteiger partial charge in [0.15, 0.2) is 5.82 Å². The second-order valence-electron chi connectivity index (χ2n) is 9.40. The van der Waals surface area contributed by atoms with Gasteiger partial charge in [0.05, 0.1) is 11.4 Å². The lowest BCUT2D eigenvalue weighted by molar-refractivity contribution is 0.0251. The van der Waals surface area contributed by atoms with E-state index < -0.39 is 5.60 Å². The molecule has 1 amide bonds. The number of aryl methyl sites for hydroxylation is 1. The molecule has 9 heteroatoms. The fraction of sp³-hybridized carbons (Fsp3) is 0.400. The molecular weight excluding hydrogens is 432 g/mol. The first-order valence-electron chi connectivity index (χ1n) is 11.3. The number of aromatic nitrogens is 5.